The van der Waals surface area contributed by atoms with E-state index >= 15 is 0 Å². The van der Waals surface area contributed by atoms with Crippen LogP contribution in [-0.4, -0.2) is 56.5 Å². The molecule has 41 heavy (non-hydrogen) atoms. The Hall–Kier alpha value is -2.87. The summed E-state index contributed by atoms with van der Waals surface area (Å²) in [6, 6.07) is 11.0. The minimum Gasteiger partial charge on any atom is -0.484 e. The molecule has 2 amide bonds. The van der Waals surface area contributed by atoms with Gasteiger partial charge in [-0.25, -0.2) is 0 Å². The van der Waals surface area contributed by atoms with Crippen molar-refractivity contribution in [3.63, 3.8) is 0 Å². The van der Waals surface area contributed by atoms with Gasteiger partial charge >= 0.3 is 6.18 Å². The maximum absolute atomic E-state index is 13.5. The molecule has 2 aromatic carbocycles. The molecule has 0 radical (unpaired) electrons. The first-order valence-corrected chi connectivity index (χ1v) is 15.0. The second kappa shape index (κ2) is 14.3. The number of nitrogens with one attached hydrogen (secondary N) is 3. The lowest BCUT2D eigenvalue weighted by Crippen LogP contribution is -2.55. The Balaban J connectivity index is 1.67. The van der Waals surface area contributed by atoms with Gasteiger partial charge in [0.1, 0.15) is 17.8 Å². The minimum atomic E-state index is -4.55. The summed E-state index contributed by atoms with van der Waals surface area (Å²) in [5.74, 6) is -1.17. The van der Waals surface area contributed by atoms with Gasteiger partial charge in [0.2, 0.25) is 11.8 Å². The largest absolute Gasteiger partial charge is 0.484 e. The fourth-order valence-corrected chi connectivity index (χ4v) is 5.67. The van der Waals surface area contributed by atoms with E-state index in [9.17, 15) is 31.2 Å². The van der Waals surface area contributed by atoms with E-state index in [4.69, 9.17) is 16.3 Å². The van der Waals surface area contributed by atoms with Gasteiger partial charge in [0.25, 0.3) is 10.2 Å². The monoisotopic (exact) mass is 618 g/mol. The quantitative estimate of drug-likeness (QED) is 0.315. The molecule has 2 aromatic rings. The molecule has 3 N–H and O–H groups in total. The third kappa shape index (κ3) is 10.5. The lowest BCUT2D eigenvalue weighted by molar-refractivity contribution is -0.153. The number of hydrogen-bond acceptors (Lipinski definition) is 5. The maximum Gasteiger partial charge on any atom is 0.422 e. The highest BCUT2D eigenvalue weighted by Gasteiger charge is 2.38. The Morgan fingerprint density at radius 2 is 1.83 bits per heavy atom. The summed E-state index contributed by atoms with van der Waals surface area (Å²) in [4.78, 5) is 28.0. The van der Waals surface area contributed by atoms with Gasteiger partial charge < -0.3 is 15.0 Å². The van der Waals surface area contributed by atoms with Crippen LogP contribution in [0.5, 0.6) is 5.75 Å². The third-order valence-corrected chi connectivity index (χ3v) is 7.67. The molecular weight excluding hydrogens is 585 g/mol. The topological polar surface area (TPSA) is 117 Å². The molecule has 1 fully saturated rings. The van der Waals surface area contributed by atoms with Crippen molar-refractivity contribution in [2.45, 2.75) is 64.5 Å². The van der Waals surface area contributed by atoms with Gasteiger partial charge in [0.05, 0.1) is 0 Å². The number of ether oxygens (including phenoxy) is 1. The molecule has 0 spiro atoms. The van der Waals surface area contributed by atoms with E-state index < -0.39 is 46.9 Å². The Bertz CT molecular complexity index is 1300. The number of amides is 2. The Morgan fingerprint density at radius 1 is 1.12 bits per heavy atom. The Morgan fingerprint density at radius 3 is 2.49 bits per heavy atom. The smallest absolute Gasteiger partial charge is 0.422 e. The lowest BCUT2D eigenvalue weighted by Gasteiger charge is -2.29. The van der Waals surface area contributed by atoms with Crippen LogP contribution in [0.25, 0.3) is 0 Å². The molecule has 1 aliphatic heterocycles. The third-order valence-electron chi connectivity index (χ3n) is 6.32. The first-order valence-electron chi connectivity index (χ1n) is 13.1. The van der Waals surface area contributed by atoms with E-state index in [1.54, 1.807) is 24.3 Å². The van der Waals surface area contributed by atoms with E-state index in [2.05, 4.69) is 14.8 Å². The summed E-state index contributed by atoms with van der Waals surface area (Å²) in [5, 5.41) is 2.90. The fourth-order valence-electron chi connectivity index (χ4n) is 4.46. The van der Waals surface area contributed by atoms with Crippen LogP contribution in [0.2, 0.25) is 5.02 Å². The zero-order valence-electron chi connectivity index (χ0n) is 22.7. The summed E-state index contributed by atoms with van der Waals surface area (Å²) in [7, 11) is -4.06. The van der Waals surface area contributed by atoms with Crippen LogP contribution in [0.15, 0.2) is 48.5 Å². The average Bonchev–Trinajstić information content (AvgIpc) is 3.39. The number of halogens is 4. The van der Waals surface area contributed by atoms with Gasteiger partial charge in [-0.3, -0.25) is 9.59 Å². The molecule has 2 atom stereocenters. The highest BCUT2D eigenvalue weighted by molar-refractivity contribution is 7.87. The predicted octanol–water partition coefficient (Wildman–Crippen LogP) is 3.93. The normalized spacial score (nSPS) is 16.6. The van der Waals surface area contributed by atoms with Crippen molar-refractivity contribution in [3.05, 3.63) is 64.7 Å². The number of nitrogens with zero attached hydrogens (tertiary/aromatic N) is 1. The van der Waals surface area contributed by atoms with Crippen molar-refractivity contribution in [1.29, 1.82) is 0 Å². The lowest BCUT2D eigenvalue weighted by atomic mass is 10.0. The summed E-state index contributed by atoms with van der Waals surface area (Å²) in [6.07, 6.45) is -3.47. The maximum atomic E-state index is 13.5. The molecule has 1 aliphatic rings. The van der Waals surface area contributed by atoms with Crippen molar-refractivity contribution >= 4 is 33.6 Å². The molecule has 9 nitrogen and oxygen atoms in total. The number of carbonyl (C=O) groups excluding carboxylic acids is 2. The molecule has 0 aliphatic carbocycles. The fraction of sp³-hybridized carbons (Fsp3) is 0.481. The predicted molar refractivity (Wildman–Crippen MR) is 148 cm³/mol. The average molecular weight is 619 g/mol. The van der Waals surface area contributed by atoms with Crippen molar-refractivity contribution < 1.29 is 35.9 Å². The summed E-state index contributed by atoms with van der Waals surface area (Å²) < 4.78 is 73.3. The van der Waals surface area contributed by atoms with Gasteiger partial charge in [-0.1, -0.05) is 55.8 Å². The van der Waals surface area contributed by atoms with Crippen molar-refractivity contribution in [3.8, 4) is 5.75 Å². The van der Waals surface area contributed by atoms with Crippen LogP contribution in [0.4, 0.5) is 13.2 Å². The van der Waals surface area contributed by atoms with E-state index in [0.717, 1.165) is 5.56 Å². The van der Waals surface area contributed by atoms with E-state index in [1.165, 1.54) is 23.1 Å². The molecule has 3 rings (SSSR count). The van der Waals surface area contributed by atoms with Crippen LogP contribution in [0.1, 0.15) is 44.2 Å². The first-order chi connectivity index (χ1) is 19.2. The number of likely N-dealkylation sites (tertiary alicyclic amines) is 1. The van der Waals surface area contributed by atoms with Gasteiger partial charge in [-0.05, 0) is 48.9 Å². The highest BCUT2D eigenvalue weighted by Crippen LogP contribution is 2.26. The van der Waals surface area contributed by atoms with Crippen LogP contribution >= 0.6 is 11.6 Å². The SMILES string of the molecule is CC(C)C[C@H](NS(=O)(=O)NCc1ccccc1)C(=O)N1CCC[C@H]1C(=O)NCc1cc(Cl)ccc1OCC(F)(F)F. The highest BCUT2D eigenvalue weighted by atomic mass is 35.5. The second-order valence-corrected chi connectivity index (χ2v) is 12.1. The molecule has 226 valence electrons. The zero-order valence-corrected chi connectivity index (χ0v) is 24.3. The molecule has 1 heterocycles. The first kappa shape index (κ1) is 32.6. The number of carbonyl (C=O) groups is 2. The van der Waals surface area contributed by atoms with Crippen LogP contribution in [0, 0.1) is 5.92 Å². The van der Waals surface area contributed by atoms with Crippen molar-refractivity contribution in [2.75, 3.05) is 13.2 Å². The molecule has 0 unspecified atom stereocenters. The minimum absolute atomic E-state index is 0.0334. The Kier molecular flexibility index (Phi) is 11.4. The zero-order chi connectivity index (χ0) is 30.2. The number of hydrogen-bond donors (Lipinski definition) is 3. The van der Waals surface area contributed by atoms with E-state index in [1.807, 2.05) is 19.9 Å². The van der Waals surface area contributed by atoms with Crippen molar-refractivity contribution in [1.82, 2.24) is 19.7 Å². The number of alkyl halides is 3. The van der Waals surface area contributed by atoms with Crippen LogP contribution < -0.4 is 19.5 Å². The molecule has 0 aromatic heterocycles. The van der Waals surface area contributed by atoms with E-state index in [0.29, 0.717) is 12.8 Å². The summed E-state index contributed by atoms with van der Waals surface area (Å²) >= 11 is 6.00. The molecular formula is C27H34ClF3N4O5S. The van der Waals surface area contributed by atoms with Crippen LogP contribution in [-0.2, 0) is 32.9 Å². The van der Waals surface area contributed by atoms with Crippen LogP contribution in [0.3, 0.4) is 0 Å². The number of rotatable bonds is 13. The Labute approximate surface area is 242 Å². The number of benzene rings is 2. The molecule has 14 heteroatoms. The van der Waals surface area contributed by atoms with Gasteiger partial charge in [-0.15, -0.1) is 0 Å². The summed E-state index contributed by atoms with van der Waals surface area (Å²) in [6.45, 7) is 2.30. The molecule has 0 bridgehead atoms. The van der Waals surface area contributed by atoms with Gasteiger partial charge in [-0.2, -0.15) is 31.0 Å². The molecule has 1 saturated heterocycles. The van der Waals surface area contributed by atoms with Gasteiger partial charge in [0, 0.05) is 30.2 Å². The van der Waals surface area contributed by atoms with Crippen molar-refractivity contribution in [2.24, 2.45) is 5.92 Å². The second-order valence-electron chi connectivity index (χ2n) is 10.2. The standard InChI is InChI=1S/C27H34ClF3N4O5S/c1-18(2)13-22(34-41(38,39)33-15-19-7-4-3-5-8-19)26(37)35-12-6-9-23(35)25(36)32-16-20-14-21(28)10-11-24(20)40-17-27(29,30)31/h3-5,7-8,10-11,14,18,22-23,33-34H,6,9,12-13,15-17H2,1-2H3,(H,32,36)/t22-,23-/m0/s1. The van der Waals surface area contributed by atoms with E-state index in [-0.39, 0.29) is 48.3 Å². The summed E-state index contributed by atoms with van der Waals surface area (Å²) in [5.41, 5.74) is 0.980. The molecule has 0 saturated carbocycles. The van der Waals surface area contributed by atoms with Gasteiger partial charge in [0.15, 0.2) is 6.61 Å².